The Hall–Kier alpha value is -2.42. The molecule has 1 fully saturated rings. The molecular formula is C21H33N3O6. The van der Waals surface area contributed by atoms with E-state index in [9.17, 15) is 19.5 Å². The number of imide groups is 1. The summed E-state index contributed by atoms with van der Waals surface area (Å²) in [5.74, 6) is -1.71. The lowest BCUT2D eigenvalue weighted by atomic mass is 10.2. The fraction of sp³-hybridized carbons (Fsp3) is 0.714. The average molecular weight is 424 g/mol. The van der Waals surface area contributed by atoms with E-state index in [0.717, 1.165) is 32.1 Å². The summed E-state index contributed by atoms with van der Waals surface area (Å²) in [4.78, 5) is 39.7. The van der Waals surface area contributed by atoms with Gasteiger partial charge in [0, 0.05) is 12.8 Å². The average Bonchev–Trinajstić information content (AvgIpc) is 3.33. The predicted molar refractivity (Wildman–Crippen MR) is 109 cm³/mol. The third-order valence-corrected chi connectivity index (χ3v) is 5.05. The van der Waals surface area contributed by atoms with E-state index in [1.165, 1.54) is 10.9 Å². The largest absolute Gasteiger partial charge is 0.493 e. The lowest BCUT2D eigenvalue weighted by molar-refractivity contribution is -0.148. The Balaban J connectivity index is 1.82. The number of ether oxygens (including phenoxy) is 2. The SMILES string of the molecule is CCCCCC(=O)NC(=O)c1ncn([C@H]2CC[C@@H](COC(=O)CCCCC)O2)c1O. The zero-order valence-corrected chi connectivity index (χ0v) is 17.9. The van der Waals surface area contributed by atoms with Crippen LogP contribution < -0.4 is 5.32 Å². The topological polar surface area (TPSA) is 120 Å². The third-order valence-electron chi connectivity index (χ3n) is 5.05. The number of carbonyl (C=O) groups is 3. The van der Waals surface area contributed by atoms with Crippen LogP contribution in [-0.2, 0) is 19.1 Å². The number of rotatable bonds is 12. The maximum Gasteiger partial charge on any atom is 0.305 e. The molecule has 9 nitrogen and oxygen atoms in total. The number of imidazole rings is 1. The van der Waals surface area contributed by atoms with Gasteiger partial charge in [-0.2, -0.15) is 0 Å². The van der Waals surface area contributed by atoms with E-state index in [0.29, 0.717) is 25.7 Å². The minimum absolute atomic E-state index is 0.163. The van der Waals surface area contributed by atoms with Crippen LogP contribution in [0.15, 0.2) is 6.33 Å². The predicted octanol–water partition coefficient (Wildman–Crippen LogP) is 3.23. The van der Waals surface area contributed by atoms with E-state index < -0.39 is 12.1 Å². The summed E-state index contributed by atoms with van der Waals surface area (Å²) < 4.78 is 12.5. The Bertz CT molecular complexity index is 718. The minimum atomic E-state index is -0.733. The van der Waals surface area contributed by atoms with Gasteiger partial charge in [0.15, 0.2) is 5.69 Å². The molecule has 30 heavy (non-hydrogen) atoms. The number of hydrogen-bond donors (Lipinski definition) is 2. The van der Waals surface area contributed by atoms with E-state index in [2.05, 4.69) is 17.2 Å². The maximum atomic E-state index is 12.2. The van der Waals surface area contributed by atoms with Gasteiger partial charge < -0.3 is 14.6 Å². The van der Waals surface area contributed by atoms with E-state index in [4.69, 9.17) is 9.47 Å². The van der Waals surface area contributed by atoms with Gasteiger partial charge >= 0.3 is 5.97 Å². The highest BCUT2D eigenvalue weighted by molar-refractivity contribution is 6.04. The molecule has 0 spiro atoms. The highest BCUT2D eigenvalue weighted by Gasteiger charge is 2.31. The van der Waals surface area contributed by atoms with E-state index >= 15 is 0 Å². The minimum Gasteiger partial charge on any atom is -0.493 e. The zero-order chi connectivity index (χ0) is 21.9. The lowest BCUT2D eigenvalue weighted by Crippen LogP contribution is -2.30. The van der Waals surface area contributed by atoms with E-state index in [1.807, 2.05) is 6.92 Å². The van der Waals surface area contributed by atoms with Gasteiger partial charge in [0.1, 0.15) is 19.2 Å². The van der Waals surface area contributed by atoms with E-state index in [-0.39, 0.29) is 42.6 Å². The molecule has 1 aromatic heterocycles. The van der Waals surface area contributed by atoms with Crippen molar-refractivity contribution in [3.63, 3.8) is 0 Å². The van der Waals surface area contributed by atoms with E-state index in [1.54, 1.807) is 0 Å². The summed E-state index contributed by atoms with van der Waals surface area (Å²) in [5, 5.41) is 12.6. The van der Waals surface area contributed by atoms with Crippen molar-refractivity contribution in [1.82, 2.24) is 14.9 Å². The smallest absolute Gasteiger partial charge is 0.305 e. The molecule has 1 aliphatic rings. The van der Waals surface area contributed by atoms with Crippen molar-refractivity contribution in [3.8, 4) is 5.88 Å². The number of aromatic nitrogens is 2. The standard InChI is InChI=1S/C21H33N3O6/c1-3-5-7-9-16(25)23-20(27)19-21(28)24(14-22-19)17-12-11-15(30-17)13-29-18(26)10-8-6-4-2/h14-15,17,28H,3-13H2,1-2H3,(H,23,25,27)/t15-,17+/m0/s1. The number of unbranched alkanes of at least 4 members (excludes halogenated alkanes) is 4. The quantitative estimate of drug-likeness (QED) is 0.391. The molecular weight excluding hydrogens is 390 g/mol. The molecule has 1 saturated heterocycles. The molecule has 0 radical (unpaired) electrons. The fourth-order valence-electron chi connectivity index (χ4n) is 3.30. The Morgan fingerprint density at radius 3 is 2.57 bits per heavy atom. The first-order chi connectivity index (χ1) is 14.5. The van der Waals surface area contributed by atoms with Crippen molar-refractivity contribution in [2.45, 2.75) is 90.4 Å². The van der Waals surface area contributed by atoms with Crippen molar-refractivity contribution < 1.29 is 29.0 Å². The molecule has 9 heteroatoms. The van der Waals surface area contributed by atoms with Crippen LogP contribution in [0.25, 0.3) is 0 Å². The zero-order valence-electron chi connectivity index (χ0n) is 17.9. The second-order valence-electron chi connectivity index (χ2n) is 7.59. The van der Waals surface area contributed by atoms with Crippen molar-refractivity contribution in [3.05, 3.63) is 12.0 Å². The van der Waals surface area contributed by atoms with Gasteiger partial charge in [-0.3, -0.25) is 24.3 Å². The Morgan fingerprint density at radius 2 is 1.87 bits per heavy atom. The molecule has 2 rings (SSSR count). The molecule has 0 unspecified atom stereocenters. The summed E-state index contributed by atoms with van der Waals surface area (Å²) in [6.07, 6.45) is 7.88. The Kier molecular flexibility index (Phi) is 9.79. The number of hydrogen-bond acceptors (Lipinski definition) is 7. The highest BCUT2D eigenvalue weighted by atomic mass is 16.6. The molecule has 168 valence electrons. The Labute approximate surface area is 177 Å². The summed E-state index contributed by atoms with van der Waals surface area (Å²) in [6.45, 7) is 4.27. The molecule has 0 aromatic carbocycles. The first kappa shape index (κ1) is 23.9. The van der Waals surface area contributed by atoms with Crippen LogP contribution in [0.1, 0.15) is 94.8 Å². The molecule has 0 aliphatic carbocycles. The summed E-state index contributed by atoms with van der Waals surface area (Å²) in [7, 11) is 0. The fourth-order valence-corrected chi connectivity index (χ4v) is 3.30. The second kappa shape index (κ2) is 12.3. The third kappa shape index (κ3) is 7.12. The van der Waals surface area contributed by atoms with Crippen LogP contribution in [0.3, 0.4) is 0 Å². The number of nitrogens with one attached hydrogen (secondary N) is 1. The number of esters is 1. The summed E-state index contributed by atoms with van der Waals surface area (Å²) in [6, 6.07) is 0. The second-order valence-corrected chi connectivity index (χ2v) is 7.59. The van der Waals surface area contributed by atoms with Crippen LogP contribution in [0.4, 0.5) is 0 Å². The van der Waals surface area contributed by atoms with Gasteiger partial charge in [0.25, 0.3) is 5.91 Å². The number of amides is 2. The van der Waals surface area contributed by atoms with Gasteiger partial charge in [-0.15, -0.1) is 0 Å². The van der Waals surface area contributed by atoms with Gasteiger partial charge in [-0.05, 0) is 25.7 Å². The maximum absolute atomic E-state index is 12.2. The summed E-state index contributed by atoms with van der Waals surface area (Å²) >= 11 is 0. The van der Waals surface area contributed by atoms with Crippen LogP contribution in [-0.4, -0.2) is 45.2 Å². The molecule has 1 aromatic rings. The van der Waals surface area contributed by atoms with Crippen molar-refractivity contribution in [1.29, 1.82) is 0 Å². The lowest BCUT2D eigenvalue weighted by Gasteiger charge is -2.15. The molecule has 2 atom stereocenters. The number of carbonyl (C=O) groups excluding carboxylic acids is 3. The van der Waals surface area contributed by atoms with Crippen LogP contribution in [0.2, 0.25) is 0 Å². The molecule has 0 saturated carbocycles. The molecule has 2 amide bonds. The molecule has 0 bridgehead atoms. The molecule has 2 heterocycles. The van der Waals surface area contributed by atoms with Gasteiger partial charge in [0.05, 0.1) is 6.10 Å². The van der Waals surface area contributed by atoms with Crippen LogP contribution in [0.5, 0.6) is 5.88 Å². The van der Waals surface area contributed by atoms with Crippen molar-refractivity contribution in [2.24, 2.45) is 0 Å². The number of aromatic hydroxyl groups is 1. The first-order valence-corrected chi connectivity index (χ1v) is 10.9. The molecule has 1 aliphatic heterocycles. The van der Waals surface area contributed by atoms with Crippen molar-refractivity contribution >= 4 is 17.8 Å². The van der Waals surface area contributed by atoms with Gasteiger partial charge in [-0.1, -0.05) is 39.5 Å². The number of nitrogens with zero attached hydrogens (tertiary/aromatic N) is 2. The van der Waals surface area contributed by atoms with Crippen molar-refractivity contribution in [2.75, 3.05) is 6.61 Å². The van der Waals surface area contributed by atoms with Gasteiger partial charge in [0.2, 0.25) is 11.8 Å². The Morgan fingerprint density at radius 1 is 1.17 bits per heavy atom. The molecule has 2 N–H and O–H groups in total. The monoisotopic (exact) mass is 423 g/mol. The normalized spacial score (nSPS) is 18.3. The first-order valence-electron chi connectivity index (χ1n) is 10.9. The van der Waals surface area contributed by atoms with Crippen LogP contribution in [0, 0.1) is 0 Å². The van der Waals surface area contributed by atoms with Gasteiger partial charge in [-0.25, -0.2) is 4.98 Å². The highest BCUT2D eigenvalue weighted by Crippen LogP contribution is 2.32. The summed E-state index contributed by atoms with van der Waals surface area (Å²) in [5.41, 5.74) is -0.215. The van der Waals surface area contributed by atoms with Crippen LogP contribution >= 0.6 is 0 Å².